The predicted octanol–water partition coefficient (Wildman–Crippen LogP) is 5.19. The van der Waals surface area contributed by atoms with Crippen molar-refractivity contribution in [2.45, 2.75) is 28.8 Å². The average Bonchev–Trinajstić information content (AvgIpc) is 3.61. The van der Waals surface area contributed by atoms with E-state index in [2.05, 4.69) is 11.1 Å². The highest BCUT2D eigenvalue weighted by Gasteiger charge is 2.69. The fourth-order valence-electron chi connectivity index (χ4n) is 6.88. The Balaban J connectivity index is 1.30. The highest BCUT2D eigenvalue weighted by molar-refractivity contribution is 8.00. The van der Waals surface area contributed by atoms with Crippen molar-refractivity contribution in [2.24, 2.45) is 29.6 Å². The van der Waals surface area contributed by atoms with E-state index < -0.39 is 35.4 Å². The summed E-state index contributed by atoms with van der Waals surface area (Å²) in [6, 6.07) is 8.48. The molecule has 2 aromatic heterocycles. The van der Waals surface area contributed by atoms with Crippen LogP contribution in [0, 0.1) is 29.6 Å². The topological polar surface area (TPSA) is 70.2 Å². The second kappa shape index (κ2) is 7.33. The molecule has 0 spiro atoms. The molecule has 5 nitrogen and oxygen atoms in total. The minimum Gasteiger partial charge on any atom is -0.307 e. The van der Waals surface area contributed by atoms with Gasteiger partial charge in [0.05, 0.1) is 28.1 Å². The van der Waals surface area contributed by atoms with Gasteiger partial charge in [-0.15, -0.1) is 23.1 Å². The van der Waals surface area contributed by atoms with E-state index in [1.54, 1.807) is 23.1 Å². The largest absolute Gasteiger partial charge is 0.416 e. The maximum atomic E-state index is 13.6. The Bertz CT molecular complexity index is 1430. The van der Waals surface area contributed by atoms with Gasteiger partial charge in [-0.3, -0.25) is 19.3 Å². The first kappa shape index (κ1) is 21.9. The number of hydrogen-bond donors (Lipinski definition) is 1. The van der Waals surface area contributed by atoms with Crippen LogP contribution in [-0.4, -0.2) is 22.0 Å². The van der Waals surface area contributed by atoms with E-state index in [0.717, 1.165) is 38.2 Å². The van der Waals surface area contributed by atoms with Crippen molar-refractivity contribution in [3.05, 3.63) is 66.8 Å². The van der Waals surface area contributed by atoms with Crippen LogP contribution in [0.2, 0.25) is 0 Å². The summed E-state index contributed by atoms with van der Waals surface area (Å²) in [5.41, 5.74) is -0.900. The van der Waals surface area contributed by atoms with Crippen LogP contribution < -0.4 is 9.77 Å². The molecule has 2 bridgehead atoms. The third-order valence-corrected chi connectivity index (χ3v) is 11.5. The Labute approximate surface area is 209 Å². The Morgan fingerprint density at radius 2 is 1.77 bits per heavy atom. The number of carbonyl (C=O) groups excluding carboxylic acids is 2. The summed E-state index contributed by atoms with van der Waals surface area (Å²) in [7, 11) is 0. The van der Waals surface area contributed by atoms with Crippen molar-refractivity contribution in [3.63, 3.8) is 0 Å². The van der Waals surface area contributed by atoms with Crippen molar-refractivity contribution in [3.8, 4) is 0 Å². The number of carbonyl (C=O) groups is 2. The van der Waals surface area contributed by atoms with Crippen molar-refractivity contribution in [2.75, 3.05) is 4.90 Å². The minimum absolute atomic E-state index is 0.0162. The van der Waals surface area contributed by atoms with E-state index in [1.807, 2.05) is 11.4 Å². The van der Waals surface area contributed by atoms with Gasteiger partial charge < -0.3 is 4.98 Å². The quantitative estimate of drug-likeness (QED) is 0.459. The van der Waals surface area contributed by atoms with Gasteiger partial charge in [0, 0.05) is 20.9 Å². The van der Waals surface area contributed by atoms with Gasteiger partial charge in [0.15, 0.2) is 0 Å². The number of hydrogen-bond acceptors (Lipinski definition) is 6. The van der Waals surface area contributed by atoms with Crippen LogP contribution in [0.15, 0.2) is 51.6 Å². The number of amides is 2. The number of nitrogens with zero attached hydrogens (tertiary/aromatic N) is 1. The zero-order valence-electron chi connectivity index (χ0n) is 17.8. The van der Waals surface area contributed by atoms with Crippen LogP contribution in [0.25, 0.3) is 0 Å². The zero-order chi connectivity index (χ0) is 24.2. The Hall–Kier alpha value is -2.37. The molecular weight excluding hydrogens is 517 g/mol. The number of rotatable bonds is 2. The van der Waals surface area contributed by atoms with E-state index in [1.165, 1.54) is 23.5 Å². The molecule has 7 atom stereocenters. The molecule has 2 saturated carbocycles. The highest BCUT2D eigenvalue weighted by Crippen LogP contribution is 2.69. The molecule has 7 rings (SSSR count). The molecule has 1 N–H and O–H groups in total. The maximum absolute atomic E-state index is 13.6. The molecule has 35 heavy (non-hydrogen) atoms. The minimum atomic E-state index is -4.56. The van der Waals surface area contributed by atoms with Crippen molar-refractivity contribution < 1.29 is 22.8 Å². The second-order valence-corrected chi connectivity index (χ2v) is 12.7. The van der Waals surface area contributed by atoms with Crippen LogP contribution in [0.3, 0.4) is 0 Å². The molecule has 180 valence electrons. The Morgan fingerprint density at radius 3 is 2.49 bits per heavy atom. The summed E-state index contributed by atoms with van der Waals surface area (Å²) in [6.45, 7) is 0. The van der Waals surface area contributed by atoms with Gasteiger partial charge in [-0.1, -0.05) is 23.5 Å². The molecule has 0 unspecified atom stereocenters. The first-order chi connectivity index (χ1) is 16.7. The number of fused-ring (bicyclic) bond motifs is 9. The number of H-pyrrole nitrogens is 1. The molecule has 2 amide bonds. The van der Waals surface area contributed by atoms with Crippen molar-refractivity contribution in [1.29, 1.82) is 0 Å². The summed E-state index contributed by atoms with van der Waals surface area (Å²) in [4.78, 5) is 45.4. The average molecular weight is 535 g/mol. The van der Waals surface area contributed by atoms with Crippen molar-refractivity contribution >= 4 is 51.9 Å². The lowest BCUT2D eigenvalue weighted by molar-refractivity contribution is -0.137. The summed E-state index contributed by atoms with van der Waals surface area (Å²) >= 11 is 4.42. The van der Waals surface area contributed by atoms with Gasteiger partial charge in [0.1, 0.15) is 0 Å². The standard InChI is InChI=1S/C24H17F3N2O3S3/c25-24(26,27)9-3-1-4-10(7-9)29-21(30)15-11-8-12(16(15)22(29)31)18-14(11)17(13-5-2-6-33-13)19-20(34-18)28-23(32)35-19/h1-7,11-12,14-18H,8H2,(H,28,32)/t11-,12-,14-,15+,16-,17-,18+/m1/s1. The SMILES string of the molecule is O=C1[C@@H]2[C@H]3C[C@@H]([C@@H]2C(=O)N1c1cccc(C(F)(F)F)c1)[C@@H]1[C@@H](c2cccs2)c2sc(=O)[nH]c2S[C@@H]31. The van der Waals surface area contributed by atoms with E-state index in [9.17, 15) is 27.6 Å². The number of imide groups is 1. The monoisotopic (exact) mass is 534 g/mol. The molecule has 0 radical (unpaired) electrons. The normalized spacial score (nSPS) is 33.2. The third kappa shape index (κ3) is 2.97. The first-order valence-corrected chi connectivity index (χ1v) is 13.8. The van der Waals surface area contributed by atoms with Gasteiger partial charge in [-0.2, -0.15) is 13.2 Å². The summed E-state index contributed by atoms with van der Waals surface area (Å²) in [6.07, 6.45) is -3.82. The van der Waals surface area contributed by atoms with E-state index in [0.29, 0.717) is 0 Å². The van der Waals surface area contributed by atoms with E-state index >= 15 is 0 Å². The van der Waals surface area contributed by atoms with E-state index in [4.69, 9.17) is 0 Å². The Kier molecular flexibility index (Phi) is 4.58. The van der Waals surface area contributed by atoms with Gasteiger partial charge in [-0.25, -0.2) is 0 Å². The lowest BCUT2D eigenvalue weighted by Crippen LogP contribution is -2.42. The van der Waals surface area contributed by atoms with E-state index in [-0.39, 0.29) is 39.5 Å². The number of halogens is 3. The molecule has 11 heteroatoms. The fraction of sp³-hybridized carbons (Fsp3) is 0.375. The number of aromatic nitrogens is 1. The number of aromatic amines is 1. The highest BCUT2D eigenvalue weighted by atomic mass is 32.2. The number of benzene rings is 1. The molecule has 4 aliphatic rings. The summed E-state index contributed by atoms with van der Waals surface area (Å²) in [5, 5.41) is 2.90. The number of alkyl halides is 3. The predicted molar refractivity (Wildman–Crippen MR) is 127 cm³/mol. The molecule has 2 aliphatic heterocycles. The number of nitrogens with one attached hydrogen (secondary N) is 1. The fourth-order valence-corrected chi connectivity index (χ4v) is 10.7. The lowest BCUT2D eigenvalue weighted by atomic mass is 9.69. The van der Waals surface area contributed by atoms with Crippen LogP contribution in [0.1, 0.15) is 27.7 Å². The molecule has 1 saturated heterocycles. The molecule has 3 aromatic rings. The van der Waals surface area contributed by atoms with Crippen molar-refractivity contribution in [1.82, 2.24) is 4.98 Å². The third-order valence-electron chi connectivity index (χ3n) is 8.01. The molecule has 1 aromatic carbocycles. The number of thiazole rings is 1. The van der Waals surface area contributed by atoms with Gasteiger partial charge in [0.2, 0.25) is 11.8 Å². The summed E-state index contributed by atoms with van der Waals surface area (Å²) < 4.78 is 39.9. The molecule has 4 heterocycles. The number of thioether (sulfide) groups is 1. The Morgan fingerprint density at radius 1 is 1.00 bits per heavy atom. The van der Waals surface area contributed by atoms with Crippen LogP contribution in [0.5, 0.6) is 0 Å². The first-order valence-electron chi connectivity index (χ1n) is 11.2. The molecular formula is C24H17F3N2O3S3. The molecule has 2 aliphatic carbocycles. The summed E-state index contributed by atoms with van der Waals surface area (Å²) in [5.74, 6) is -1.94. The molecule has 3 fully saturated rings. The number of thiophene rings is 1. The lowest BCUT2D eigenvalue weighted by Gasteiger charge is -2.42. The zero-order valence-corrected chi connectivity index (χ0v) is 20.3. The smallest absolute Gasteiger partial charge is 0.307 e. The van der Waals surface area contributed by atoms with Gasteiger partial charge >= 0.3 is 11.0 Å². The van der Waals surface area contributed by atoms with Gasteiger partial charge in [-0.05, 0) is 53.8 Å². The van der Waals surface area contributed by atoms with Gasteiger partial charge in [0.25, 0.3) is 0 Å². The van der Waals surface area contributed by atoms with Crippen LogP contribution in [-0.2, 0) is 15.8 Å². The van der Waals surface area contributed by atoms with Crippen LogP contribution in [0.4, 0.5) is 18.9 Å². The second-order valence-electron chi connectivity index (χ2n) is 9.54. The maximum Gasteiger partial charge on any atom is 0.416 e. The van der Waals surface area contributed by atoms with Crippen LogP contribution >= 0.6 is 34.4 Å². The number of anilines is 1.